The summed E-state index contributed by atoms with van der Waals surface area (Å²) in [5.74, 6) is -0.886. The molecule has 0 aliphatic heterocycles. The maximum absolute atomic E-state index is 12.8. The first-order valence-corrected chi connectivity index (χ1v) is 30.9. The summed E-state index contributed by atoms with van der Waals surface area (Å²) in [6.07, 6.45) is 78.1. The summed E-state index contributed by atoms with van der Waals surface area (Å²) in [4.78, 5) is 37.9. The number of carbonyl (C=O) groups excluding carboxylic acids is 3. The van der Waals surface area contributed by atoms with E-state index in [1.54, 1.807) is 0 Å². The van der Waals surface area contributed by atoms with Crippen LogP contribution in [0.3, 0.4) is 0 Å². The van der Waals surface area contributed by atoms with Gasteiger partial charge in [-0.25, -0.2) is 0 Å². The van der Waals surface area contributed by atoms with Gasteiger partial charge >= 0.3 is 17.9 Å². The molecule has 0 aromatic rings. The van der Waals surface area contributed by atoms with Gasteiger partial charge in [-0.1, -0.05) is 280 Å². The van der Waals surface area contributed by atoms with Crippen LogP contribution in [0.25, 0.3) is 0 Å². The van der Waals surface area contributed by atoms with Crippen molar-refractivity contribution in [1.82, 2.24) is 0 Å². The van der Waals surface area contributed by atoms with Crippen LogP contribution in [-0.2, 0) is 28.6 Å². The first-order chi connectivity index (χ1) is 35.5. The fourth-order valence-electron chi connectivity index (χ4n) is 8.81. The zero-order valence-corrected chi connectivity index (χ0v) is 47.7. The topological polar surface area (TPSA) is 78.9 Å². The molecule has 0 N–H and O–H groups in total. The smallest absolute Gasteiger partial charge is 0.306 e. The molecular formula is C66H116O6. The average molecular weight is 1010 g/mol. The van der Waals surface area contributed by atoms with Gasteiger partial charge in [0.1, 0.15) is 13.2 Å². The van der Waals surface area contributed by atoms with Gasteiger partial charge in [0.05, 0.1) is 0 Å². The van der Waals surface area contributed by atoms with Gasteiger partial charge in [-0.15, -0.1) is 0 Å². The second-order valence-corrected chi connectivity index (χ2v) is 20.6. The monoisotopic (exact) mass is 1000 g/mol. The molecule has 6 nitrogen and oxygen atoms in total. The van der Waals surface area contributed by atoms with Crippen LogP contribution in [0.1, 0.15) is 310 Å². The highest BCUT2D eigenvalue weighted by atomic mass is 16.6. The Morgan fingerprint density at radius 2 is 0.556 bits per heavy atom. The van der Waals surface area contributed by atoms with E-state index < -0.39 is 6.10 Å². The standard InChI is InChI=1S/C66H116O6/c1-4-7-10-13-16-18-20-22-24-25-26-27-28-29-30-31-32-33-34-35-36-37-38-39-40-41-42-44-45-47-50-53-56-59-65(68)71-62-63(61-70-64(67)58-55-52-49-15-12-9-6-3)72-66(69)60-57-54-51-48-46-43-23-21-19-17-14-11-8-5-2/h7,10,14,16-18,21-24,26-27,63H,4-6,8-9,11-13,15,19-20,25,28-62H2,1-3H3/b10-7-,17-14-,18-16-,23-21-,24-22-,27-26-. The van der Waals surface area contributed by atoms with Gasteiger partial charge in [0, 0.05) is 19.3 Å². The number of carbonyl (C=O) groups is 3. The Morgan fingerprint density at radius 3 is 0.889 bits per heavy atom. The predicted molar refractivity (Wildman–Crippen MR) is 311 cm³/mol. The summed E-state index contributed by atoms with van der Waals surface area (Å²) >= 11 is 0. The molecule has 0 spiro atoms. The fraction of sp³-hybridized carbons (Fsp3) is 0.773. The lowest BCUT2D eigenvalue weighted by Crippen LogP contribution is -2.30. The molecule has 416 valence electrons. The van der Waals surface area contributed by atoms with Crippen LogP contribution in [0.4, 0.5) is 0 Å². The van der Waals surface area contributed by atoms with E-state index in [0.29, 0.717) is 19.3 Å². The molecule has 0 aliphatic rings. The second kappa shape index (κ2) is 60.4. The van der Waals surface area contributed by atoms with Crippen molar-refractivity contribution in [1.29, 1.82) is 0 Å². The van der Waals surface area contributed by atoms with E-state index in [9.17, 15) is 14.4 Å². The lowest BCUT2D eigenvalue weighted by molar-refractivity contribution is -0.167. The average Bonchev–Trinajstić information content (AvgIpc) is 3.38. The molecule has 72 heavy (non-hydrogen) atoms. The highest BCUT2D eigenvalue weighted by Crippen LogP contribution is 2.17. The third-order valence-corrected chi connectivity index (χ3v) is 13.4. The molecule has 0 aromatic carbocycles. The van der Waals surface area contributed by atoms with Crippen LogP contribution >= 0.6 is 0 Å². The molecule has 0 bridgehead atoms. The van der Waals surface area contributed by atoms with E-state index >= 15 is 0 Å². The Bertz CT molecular complexity index is 1340. The fourth-order valence-corrected chi connectivity index (χ4v) is 8.81. The third-order valence-electron chi connectivity index (χ3n) is 13.4. The van der Waals surface area contributed by atoms with E-state index in [1.807, 2.05) is 0 Å². The Morgan fingerprint density at radius 1 is 0.292 bits per heavy atom. The third kappa shape index (κ3) is 57.7. The molecule has 0 heterocycles. The van der Waals surface area contributed by atoms with Crippen molar-refractivity contribution in [2.75, 3.05) is 13.2 Å². The molecule has 1 atom stereocenters. The van der Waals surface area contributed by atoms with Crippen LogP contribution < -0.4 is 0 Å². The predicted octanol–water partition coefficient (Wildman–Crippen LogP) is 20.9. The maximum atomic E-state index is 12.8. The molecule has 0 radical (unpaired) electrons. The van der Waals surface area contributed by atoms with Crippen molar-refractivity contribution >= 4 is 17.9 Å². The van der Waals surface area contributed by atoms with Crippen molar-refractivity contribution < 1.29 is 28.6 Å². The number of allylic oxidation sites excluding steroid dienone is 12. The van der Waals surface area contributed by atoms with Crippen LogP contribution in [-0.4, -0.2) is 37.2 Å². The molecule has 0 fully saturated rings. The van der Waals surface area contributed by atoms with Gasteiger partial charge in [0.25, 0.3) is 0 Å². The van der Waals surface area contributed by atoms with Crippen molar-refractivity contribution in [2.45, 2.75) is 316 Å². The Hall–Kier alpha value is -3.15. The number of hydrogen-bond acceptors (Lipinski definition) is 6. The molecule has 0 rings (SSSR count). The minimum absolute atomic E-state index is 0.0768. The molecule has 1 unspecified atom stereocenters. The number of ether oxygens (including phenoxy) is 3. The van der Waals surface area contributed by atoms with E-state index in [4.69, 9.17) is 14.2 Å². The van der Waals surface area contributed by atoms with Gasteiger partial charge in [-0.3, -0.25) is 14.4 Å². The van der Waals surface area contributed by atoms with Crippen molar-refractivity contribution in [3.8, 4) is 0 Å². The van der Waals surface area contributed by atoms with Crippen molar-refractivity contribution in [3.05, 3.63) is 72.9 Å². The summed E-state index contributed by atoms with van der Waals surface area (Å²) in [6.45, 7) is 6.45. The summed E-state index contributed by atoms with van der Waals surface area (Å²) in [6, 6.07) is 0. The zero-order valence-electron chi connectivity index (χ0n) is 47.7. The van der Waals surface area contributed by atoms with Crippen LogP contribution in [0.15, 0.2) is 72.9 Å². The van der Waals surface area contributed by atoms with E-state index in [2.05, 4.69) is 93.7 Å². The first kappa shape index (κ1) is 68.8. The summed E-state index contributed by atoms with van der Waals surface area (Å²) < 4.78 is 16.8. The van der Waals surface area contributed by atoms with Crippen LogP contribution in [0, 0.1) is 0 Å². The number of esters is 3. The van der Waals surface area contributed by atoms with E-state index in [0.717, 1.165) is 109 Å². The lowest BCUT2D eigenvalue weighted by Gasteiger charge is -2.18. The maximum Gasteiger partial charge on any atom is 0.306 e. The minimum Gasteiger partial charge on any atom is -0.462 e. The Balaban J connectivity index is 3.97. The number of rotatable bonds is 56. The number of hydrogen-bond donors (Lipinski definition) is 0. The lowest BCUT2D eigenvalue weighted by atomic mass is 10.0. The largest absolute Gasteiger partial charge is 0.462 e. The summed E-state index contributed by atoms with van der Waals surface area (Å²) in [5.41, 5.74) is 0. The molecule has 0 saturated heterocycles. The van der Waals surface area contributed by atoms with Crippen LogP contribution in [0.2, 0.25) is 0 Å². The normalized spacial score (nSPS) is 12.5. The molecule has 0 amide bonds. The van der Waals surface area contributed by atoms with Gasteiger partial charge in [0.15, 0.2) is 6.10 Å². The number of unbranched alkanes of at least 4 members (excludes halogenated alkanes) is 33. The highest BCUT2D eigenvalue weighted by molar-refractivity contribution is 5.71. The highest BCUT2D eigenvalue weighted by Gasteiger charge is 2.19. The van der Waals surface area contributed by atoms with Crippen molar-refractivity contribution in [3.63, 3.8) is 0 Å². The molecule has 0 aromatic heterocycles. The van der Waals surface area contributed by atoms with E-state index in [-0.39, 0.29) is 31.1 Å². The Labute approximate surface area is 446 Å². The SMILES string of the molecule is CC/C=C\C/C=C\C/C=C\C/C=C\CCCCCCCCCCCCCCCCCCCCCCC(=O)OCC(COC(=O)CCCCCCCCC)OC(=O)CCCCCCC/C=C\C/C=C\CCCC. The zero-order chi connectivity index (χ0) is 52.2. The van der Waals surface area contributed by atoms with E-state index in [1.165, 1.54) is 161 Å². The van der Waals surface area contributed by atoms with Gasteiger partial charge < -0.3 is 14.2 Å². The summed E-state index contributed by atoms with van der Waals surface area (Å²) in [7, 11) is 0. The van der Waals surface area contributed by atoms with Gasteiger partial charge in [0.2, 0.25) is 0 Å². The quantitative estimate of drug-likeness (QED) is 0.0261. The van der Waals surface area contributed by atoms with Crippen molar-refractivity contribution in [2.24, 2.45) is 0 Å². The summed E-state index contributed by atoms with van der Waals surface area (Å²) in [5, 5.41) is 0. The minimum atomic E-state index is -0.776. The molecule has 6 heteroatoms. The second-order valence-electron chi connectivity index (χ2n) is 20.6. The molecular weight excluding hydrogens is 889 g/mol. The van der Waals surface area contributed by atoms with Gasteiger partial charge in [-0.2, -0.15) is 0 Å². The Kier molecular flexibility index (Phi) is 57.8. The van der Waals surface area contributed by atoms with Gasteiger partial charge in [-0.05, 0) is 83.5 Å². The molecule has 0 saturated carbocycles. The molecule has 0 aliphatic carbocycles. The first-order valence-electron chi connectivity index (χ1n) is 30.9. The van der Waals surface area contributed by atoms with Crippen LogP contribution in [0.5, 0.6) is 0 Å².